The Morgan fingerprint density at radius 3 is 2.62 bits per heavy atom. The fourth-order valence-electron chi connectivity index (χ4n) is 2.12. The van der Waals surface area contributed by atoms with Gasteiger partial charge in [-0.2, -0.15) is 0 Å². The Kier molecular flexibility index (Phi) is 4.33. The van der Waals surface area contributed by atoms with E-state index in [-0.39, 0.29) is 27.9 Å². The van der Waals surface area contributed by atoms with Gasteiger partial charge in [0, 0.05) is 6.07 Å². The Morgan fingerprint density at radius 2 is 1.88 bits per heavy atom. The average molecular weight is 363 g/mol. The Balaban J connectivity index is 2.04. The molecular formula is C16H8Cl2N2O4. The van der Waals surface area contributed by atoms with Crippen LogP contribution >= 0.6 is 23.2 Å². The normalized spacial score (nSPS) is 15.3. The highest BCUT2D eigenvalue weighted by Crippen LogP contribution is 2.30. The number of nitro groups is 1. The van der Waals surface area contributed by atoms with Gasteiger partial charge in [-0.1, -0.05) is 41.4 Å². The Labute approximate surface area is 146 Å². The minimum Gasteiger partial charge on any atom is -0.402 e. The maximum absolute atomic E-state index is 12.0. The first-order chi connectivity index (χ1) is 11.5. The smallest absolute Gasteiger partial charge is 0.363 e. The first-order valence-corrected chi connectivity index (χ1v) is 7.43. The molecule has 0 aliphatic carbocycles. The van der Waals surface area contributed by atoms with Gasteiger partial charge in [0.2, 0.25) is 5.90 Å². The molecule has 1 aliphatic heterocycles. The van der Waals surface area contributed by atoms with Gasteiger partial charge in [0.1, 0.15) is 0 Å². The molecular weight excluding hydrogens is 355 g/mol. The first kappa shape index (κ1) is 16.2. The van der Waals surface area contributed by atoms with E-state index in [9.17, 15) is 14.9 Å². The summed E-state index contributed by atoms with van der Waals surface area (Å²) in [7, 11) is 0. The number of halogens is 2. The van der Waals surface area contributed by atoms with Crippen molar-refractivity contribution >= 4 is 46.8 Å². The zero-order valence-corrected chi connectivity index (χ0v) is 13.4. The second-order valence-corrected chi connectivity index (χ2v) is 5.54. The van der Waals surface area contributed by atoms with Gasteiger partial charge in [-0.25, -0.2) is 9.79 Å². The summed E-state index contributed by atoms with van der Waals surface area (Å²) in [5.41, 5.74) is 0.415. The highest BCUT2D eigenvalue weighted by Gasteiger charge is 2.27. The number of ether oxygens (including phenoxy) is 1. The number of cyclic esters (lactones) is 1. The summed E-state index contributed by atoms with van der Waals surface area (Å²) < 4.78 is 5.10. The minimum absolute atomic E-state index is 0.00247. The Morgan fingerprint density at radius 1 is 1.12 bits per heavy atom. The Bertz CT molecular complexity index is 922. The van der Waals surface area contributed by atoms with Gasteiger partial charge in [0.25, 0.3) is 5.69 Å². The van der Waals surface area contributed by atoms with E-state index in [0.29, 0.717) is 10.6 Å². The van der Waals surface area contributed by atoms with E-state index in [4.69, 9.17) is 27.9 Å². The van der Waals surface area contributed by atoms with Crippen LogP contribution in [0.1, 0.15) is 11.1 Å². The monoisotopic (exact) mass is 362 g/mol. The number of benzene rings is 2. The lowest BCUT2D eigenvalue weighted by molar-refractivity contribution is -0.385. The summed E-state index contributed by atoms with van der Waals surface area (Å²) in [5, 5.41) is 11.5. The van der Waals surface area contributed by atoms with Gasteiger partial charge in [-0.15, -0.1) is 0 Å². The third kappa shape index (κ3) is 3.02. The molecule has 0 bridgehead atoms. The van der Waals surface area contributed by atoms with E-state index < -0.39 is 10.9 Å². The molecule has 0 radical (unpaired) electrons. The maximum Gasteiger partial charge on any atom is 0.363 e. The van der Waals surface area contributed by atoms with Crippen LogP contribution in [0.4, 0.5) is 5.69 Å². The maximum atomic E-state index is 12.0. The van der Waals surface area contributed by atoms with Crippen molar-refractivity contribution < 1.29 is 14.5 Å². The molecule has 24 heavy (non-hydrogen) atoms. The van der Waals surface area contributed by atoms with E-state index in [1.165, 1.54) is 24.3 Å². The van der Waals surface area contributed by atoms with Crippen molar-refractivity contribution in [2.24, 2.45) is 4.99 Å². The molecule has 2 aromatic rings. The molecule has 0 unspecified atom stereocenters. The van der Waals surface area contributed by atoms with E-state index >= 15 is 0 Å². The van der Waals surface area contributed by atoms with Gasteiger partial charge in [-0.3, -0.25) is 10.1 Å². The number of carbonyl (C=O) groups excluding carboxylic acids is 1. The highest BCUT2D eigenvalue weighted by molar-refractivity contribution is 6.44. The molecule has 0 N–H and O–H groups in total. The zero-order chi connectivity index (χ0) is 17.3. The molecule has 3 rings (SSSR count). The number of para-hydroxylation sites is 1. The lowest BCUT2D eigenvalue weighted by atomic mass is 10.1. The number of hydrogen-bond donors (Lipinski definition) is 0. The molecule has 6 nitrogen and oxygen atoms in total. The predicted molar refractivity (Wildman–Crippen MR) is 90.2 cm³/mol. The van der Waals surface area contributed by atoms with Crippen molar-refractivity contribution in [1.82, 2.24) is 0 Å². The molecule has 0 atom stereocenters. The fourth-order valence-corrected chi connectivity index (χ4v) is 2.50. The molecule has 0 amide bonds. The van der Waals surface area contributed by atoms with Gasteiger partial charge >= 0.3 is 5.97 Å². The summed E-state index contributed by atoms with van der Waals surface area (Å²) in [4.78, 5) is 26.6. The van der Waals surface area contributed by atoms with Crippen LogP contribution in [0.25, 0.3) is 6.08 Å². The molecule has 0 spiro atoms. The van der Waals surface area contributed by atoms with Crippen LogP contribution in [0.2, 0.25) is 10.0 Å². The van der Waals surface area contributed by atoms with Crippen LogP contribution in [-0.4, -0.2) is 16.8 Å². The van der Waals surface area contributed by atoms with E-state index in [1.807, 2.05) is 0 Å². The summed E-state index contributed by atoms with van der Waals surface area (Å²) in [6.45, 7) is 0. The van der Waals surface area contributed by atoms with Gasteiger partial charge in [0.05, 0.1) is 26.1 Å². The topological polar surface area (TPSA) is 81.8 Å². The van der Waals surface area contributed by atoms with Crippen molar-refractivity contribution in [3.8, 4) is 0 Å². The number of aliphatic imine (C=N–C) groups is 1. The standard InChI is InChI=1S/C16H8Cl2N2O4/c17-11-6-3-5-10(14(11)18)15-19-12(16(21)24-15)8-9-4-1-2-7-13(9)20(22)23/h1-8H/b12-8-. The molecule has 0 aromatic heterocycles. The summed E-state index contributed by atoms with van der Waals surface area (Å²) in [6, 6.07) is 10.8. The lowest BCUT2D eigenvalue weighted by Crippen LogP contribution is -2.06. The molecule has 120 valence electrons. The summed E-state index contributed by atoms with van der Waals surface area (Å²) >= 11 is 12.0. The number of carbonyl (C=O) groups is 1. The van der Waals surface area contributed by atoms with Crippen molar-refractivity contribution in [3.05, 3.63) is 79.4 Å². The number of esters is 1. The third-order valence-corrected chi connectivity index (χ3v) is 4.05. The summed E-state index contributed by atoms with van der Waals surface area (Å²) in [5.74, 6) is -0.725. The molecule has 8 heteroatoms. The largest absolute Gasteiger partial charge is 0.402 e. The molecule has 2 aromatic carbocycles. The van der Waals surface area contributed by atoms with E-state index in [1.54, 1.807) is 24.3 Å². The minimum atomic E-state index is -0.723. The van der Waals surface area contributed by atoms with Gasteiger partial charge in [-0.05, 0) is 24.3 Å². The van der Waals surface area contributed by atoms with Crippen molar-refractivity contribution in [2.75, 3.05) is 0 Å². The van der Waals surface area contributed by atoms with Crippen molar-refractivity contribution in [1.29, 1.82) is 0 Å². The van der Waals surface area contributed by atoms with Crippen LogP contribution < -0.4 is 0 Å². The number of hydrogen-bond acceptors (Lipinski definition) is 5. The third-order valence-electron chi connectivity index (χ3n) is 3.23. The number of rotatable bonds is 3. The van der Waals surface area contributed by atoms with Crippen LogP contribution in [0.3, 0.4) is 0 Å². The first-order valence-electron chi connectivity index (χ1n) is 6.68. The van der Waals surface area contributed by atoms with Crippen molar-refractivity contribution in [3.63, 3.8) is 0 Å². The molecule has 0 saturated heterocycles. The van der Waals surface area contributed by atoms with Gasteiger partial charge < -0.3 is 4.74 Å². The average Bonchev–Trinajstić information content (AvgIpc) is 2.91. The van der Waals surface area contributed by atoms with Crippen LogP contribution in [0, 0.1) is 10.1 Å². The number of nitrogens with zero attached hydrogens (tertiary/aromatic N) is 2. The SMILES string of the molecule is O=C1OC(c2cccc(Cl)c2Cl)=N/C1=C\c1ccccc1[N+](=O)[O-]. The molecule has 1 aliphatic rings. The quantitative estimate of drug-likeness (QED) is 0.353. The van der Waals surface area contributed by atoms with E-state index in [0.717, 1.165) is 0 Å². The van der Waals surface area contributed by atoms with Gasteiger partial charge in [0.15, 0.2) is 5.70 Å². The van der Waals surface area contributed by atoms with Crippen LogP contribution in [0.5, 0.6) is 0 Å². The van der Waals surface area contributed by atoms with Crippen LogP contribution in [-0.2, 0) is 9.53 Å². The molecule has 0 fully saturated rings. The Hall–Kier alpha value is -2.70. The fraction of sp³-hybridized carbons (Fsp3) is 0. The second kappa shape index (κ2) is 6.43. The zero-order valence-electron chi connectivity index (χ0n) is 11.9. The van der Waals surface area contributed by atoms with E-state index in [2.05, 4.69) is 4.99 Å². The summed E-state index contributed by atoms with van der Waals surface area (Å²) in [6.07, 6.45) is 1.30. The lowest BCUT2D eigenvalue weighted by Gasteiger charge is -2.03. The van der Waals surface area contributed by atoms with Crippen molar-refractivity contribution in [2.45, 2.75) is 0 Å². The molecule has 0 saturated carbocycles. The highest BCUT2D eigenvalue weighted by atomic mass is 35.5. The van der Waals surface area contributed by atoms with Crippen LogP contribution in [0.15, 0.2) is 53.2 Å². The second-order valence-electron chi connectivity index (χ2n) is 4.75. The number of nitro benzene ring substituents is 1. The molecule has 1 heterocycles. The predicted octanol–water partition coefficient (Wildman–Crippen LogP) is 4.25.